The van der Waals surface area contributed by atoms with Crippen molar-refractivity contribution in [3.63, 3.8) is 0 Å². The van der Waals surface area contributed by atoms with E-state index in [1.807, 2.05) is 26.0 Å². The molecule has 2 aromatic rings. The fourth-order valence-corrected chi connectivity index (χ4v) is 3.48. The zero-order valence-electron chi connectivity index (χ0n) is 15.9. The standard InChI is InChI=1S/C19H28N6O/c1-14-10-15(2)21-17(11-14)12-24(3)19(26)18-13-25(23-22-18)9-7-16-6-4-5-8-20-16/h10-11,13,16,20H,4-9,12H2,1-3H3. The zero-order valence-corrected chi connectivity index (χ0v) is 15.9. The number of amides is 1. The van der Waals surface area contributed by atoms with E-state index in [4.69, 9.17) is 0 Å². The van der Waals surface area contributed by atoms with Gasteiger partial charge in [-0.05, 0) is 57.4 Å². The lowest BCUT2D eigenvalue weighted by atomic mass is 10.0. The molecule has 0 saturated carbocycles. The van der Waals surface area contributed by atoms with E-state index in [9.17, 15) is 4.79 Å². The summed E-state index contributed by atoms with van der Waals surface area (Å²) < 4.78 is 1.77. The number of hydrogen-bond acceptors (Lipinski definition) is 5. The number of piperidine rings is 1. The maximum Gasteiger partial charge on any atom is 0.276 e. The van der Waals surface area contributed by atoms with E-state index in [1.54, 1.807) is 22.8 Å². The molecule has 0 spiro atoms. The van der Waals surface area contributed by atoms with Gasteiger partial charge in [0.05, 0.1) is 18.4 Å². The van der Waals surface area contributed by atoms with E-state index in [1.165, 1.54) is 19.3 Å². The van der Waals surface area contributed by atoms with Crippen LogP contribution in [0.1, 0.15) is 53.1 Å². The molecule has 0 aliphatic carbocycles. The molecule has 1 atom stereocenters. The van der Waals surface area contributed by atoms with Crippen molar-refractivity contribution in [3.8, 4) is 0 Å². The summed E-state index contributed by atoms with van der Waals surface area (Å²) >= 11 is 0. The van der Waals surface area contributed by atoms with Crippen LogP contribution in [0.5, 0.6) is 0 Å². The first kappa shape index (κ1) is 18.5. The van der Waals surface area contributed by atoms with Crippen molar-refractivity contribution in [1.82, 2.24) is 30.2 Å². The highest BCUT2D eigenvalue weighted by Gasteiger charge is 2.18. The lowest BCUT2D eigenvalue weighted by Gasteiger charge is -2.23. The van der Waals surface area contributed by atoms with Crippen molar-refractivity contribution in [2.75, 3.05) is 13.6 Å². The molecular formula is C19H28N6O. The highest BCUT2D eigenvalue weighted by molar-refractivity contribution is 5.91. The molecule has 1 unspecified atom stereocenters. The number of rotatable bonds is 6. The Hall–Kier alpha value is -2.28. The molecule has 7 nitrogen and oxygen atoms in total. The van der Waals surface area contributed by atoms with Crippen molar-refractivity contribution in [1.29, 1.82) is 0 Å². The molecule has 140 valence electrons. The van der Waals surface area contributed by atoms with E-state index >= 15 is 0 Å². The van der Waals surface area contributed by atoms with Crippen LogP contribution in [0.2, 0.25) is 0 Å². The predicted octanol–water partition coefficient (Wildman–Crippen LogP) is 2.09. The number of pyridine rings is 1. The highest BCUT2D eigenvalue weighted by atomic mass is 16.2. The molecule has 26 heavy (non-hydrogen) atoms. The Bertz CT molecular complexity index is 730. The Labute approximate surface area is 154 Å². The minimum absolute atomic E-state index is 0.131. The van der Waals surface area contributed by atoms with E-state index in [0.717, 1.165) is 36.5 Å². The SMILES string of the molecule is Cc1cc(C)nc(CN(C)C(=O)c2cn(CCC3CCCCN3)nn2)c1. The summed E-state index contributed by atoms with van der Waals surface area (Å²) in [6.07, 6.45) is 6.53. The van der Waals surface area contributed by atoms with Crippen molar-refractivity contribution in [2.24, 2.45) is 0 Å². The second-order valence-corrected chi connectivity index (χ2v) is 7.24. The summed E-state index contributed by atoms with van der Waals surface area (Å²) in [6, 6.07) is 4.58. The minimum Gasteiger partial charge on any atom is -0.334 e. The van der Waals surface area contributed by atoms with Gasteiger partial charge in [-0.25, -0.2) is 0 Å². The summed E-state index contributed by atoms with van der Waals surface area (Å²) in [6.45, 7) is 6.33. The van der Waals surface area contributed by atoms with E-state index in [-0.39, 0.29) is 5.91 Å². The van der Waals surface area contributed by atoms with Crippen LogP contribution in [-0.2, 0) is 13.1 Å². The molecule has 1 aliphatic rings. The van der Waals surface area contributed by atoms with Gasteiger partial charge in [-0.15, -0.1) is 5.10 Å². The van der Waals surface area contributed by atoms with Crippen LogP contribution in [0.15, 0.2) is 18.3 Å². The normalized spacial score (nSPS) is 17.3. The molecule has 1 N–H and O–H groups in total. The molecule has 1 saturated heterocycles. The number of carbonyl (C=O) groups excluding carboxylic acids is 1. The van der Waals surface area contributed by atoms with Crippen molar-refractivity contribution in [2.45, 2.75) is 58.7 Å². The lowest BCUT2D eigenvalue weighted by molar-refractivity contribution is 0.0777. The van der Waals surface area contributed by atoms with Gasteiger partial charge in [0.25, 0.3) is 5.91 Å². The smallest absolute Gasteiger partial charge is 0.276 e. The zero-order chi connectivity index (χ0) is 18.5. The number of nitrogens with zero attached hydrogens (tertiary/aromatic N) is 5. The third-order valence-electron chi connectivity index (χ3n) is 4.77. The summed E-state index contributed by atoms with van der Waals surface area (Å²) in [5, 5.41) is 11.7. The molecule has 1 aliphatic heterocycles. The van der Waals surface area contributed by atoms with Gasteiger partial charge in [0.15, 0.2) is 5.69 Å². The first-order chi connectivity index (χ1) is 12.5. The summed E-state index contributed by atoms with van der Waals surface area (Å²) in [5.41, 5.74) is 3.38. The monoisotopic (exact) mass is 356 g/mol. The minimum atomic E-state index is -0.131. The first-order valence-corrected chi connectivity index (χ1v) is 9.34. The van der Waals surface area contributed by atoms with Crippen LogP contribution in [-0.4, -0.2) is 50.4 Å². The Morgan fingerprint density at radius 3 is 2.92 bits per heavy atom. The van der Waals surface area contributed by atoms with Crippen LogP contribution in [0.3, 0.4) is 0 Å². The number of hydrogen-bond donors (Lipinski definition) is 1. The number of aromatic nitrogens is 4. The van der Waals surface area contributed by atoms with Gasteiger partial charge in [-0.1, -0.05) is 11.6 Å². The third kappa shape index (κ3) is 4.88. The van der Waals surface area contributed by atoms with Crippen LogP contribution in [0.4, 0.5) is 0 Å². The predicted molar refractivity (Wildman–Crippen MR) is 99.8 cm³/mol. The molecule has 0 aromatic carbocycles. The Morgan fingerprint density at radius 2 is 2.19 bits per heavy atom. The maximum absolute atomic E-state index is 12.6. The summed E-state index contributed by atoms with van der Waals surface area (Å²) in [5.74, 6) is -0.131. The number of nitrogens with one attached hydrogen (secondary N) is 1. The van der Waals surface area contributed by atoms with E-state index in [0.29, 0.717) is 18.3 Å². The Kier molecular flexibility index (Phi) is 5.98. The molecular weight excluding hydrogens is 328 g/mol. The van der Waals surface area contributed by atoms with Crippen LogP contribution < -0.4 is 5.32 Å². The fourth-order valence-electron chi connectivity index (χ4n) is 3.48. The molecule has 1 amide bonds. The van der Waals surface area contributed by atoms with Gasteiger partial charge in [-0.2, -0.15) is 0 Å². The summed E-state index contributed by atoms with van der Waals surface area (Å²) in [7, 11) is 1.77. The second-order valence-electron chi connectivity index (χ2n) is 7.24. The topological polar surface area (TPSA) is 75.9 Å². The largest absolute Gasteiger partial charge is 0.334 e. The van der Waals surface area contributed by atoms with Gasteiger partial charge < -0.3 is 10.2 Å². The number of carbonyl (C=O) groups is 1. The molecule has 1 fully saturated rings. The lowest BCUT2D eigenvalue weighted by Crippen LogP contribution is -2.34. The summed E-state index contributed by atoms with van der Waals surface area (Å²) in [4.78, 5) is 18.7. The average molecular weight is 356 g/mol. The Morgan fingerprint density at radius 1 is 1.35 bits per heavy atom. The van der Waals surface area contributed by atoms with Crippen molar-refractivity contribution < 1.29 is 4.79 Å². The van der Waals surface area contributed by atoms with Crippen LogP contribution in [0.25, 0.3) is 0 Å². The molecule has 3 rings (SSSR count). The molecule has 7 heteroatoms. The van der Waals surface area contributed by atoms with E-state index in [2.05, 4.69) is 20.6 Å². The van der Waals surface area contributed by atoms with Crippen molar-refractivity contribution >= 4 is 5.91 Å². The van der Waals surface area contributed by atoms with Crippen LogP contribution in [0, 0.1) is 13.8 Å². The van der Waals surface area contributed by atoms with Crippen molar-refractivity contribution in [3.05, 3.63) is 41.0 Å². The first-order valence-electron chi connectivity index (χ1n) is 9.34. The molecule has 3 heterocycles. The third-order valence-corrected chi connectivity index (χ3v) is 4.77. The molecule has 2 aromatic heterocycles. The molecule has 0 radical (unpaired) electrons. The van der Waals surface area contributed by atoms with Crippen LogP contribution >= 0.6 is 0 Å². The quantitative estimate of drug-likeness (QED) is 0.858. The van der Waals surface area contributed by atoms with E-state index < -0.39 is 0 Å². The average Bonchev–Trinajstić information content (AvgIpc) is 3.08. The van der Waals surface area contributed by atoms with Gasteiger partial charge in [0, 0.05) is 25.3 Å². The molecule has 0 bridgehead atoms. The number of aryl methyl sites for hydroxylation is 3. The maximum atomic E-state index is 12.6. The second kappa shape index (κ2) is 8.40. The Balaban J connectivity index is 1.56. The fraction of sp³-hybridized carbons (Fsp3) is 0.579. The van der Waals surface area contributed by atoms with Gasteiger partial charge in [-0.3, -0.25) is 14.5 Å². The van der Waals surface area contributed by atoms with Gasteiger partial charge >= 0.3 is 0 Å². The highest BCUT2D eigenvalue weighted by Crippen LogP contribution is 2.12. The van der Waals surface area contributed by atoms with Gasteiger partial charge in [0.1, 0.15) is 0 Å². The van der Waals surface area contributed by atoms with Gasteiger partial charge in [0.2, 0.25) is 0 Å².